The number of amides is 3. The highest BCUT2D eigenvalue weighted by Crippen LogP contribution is 2.52. The lowest BCUT2D eigenvalue weighted by molar-refractivity contribution is -0.159. The number of imide groups is 1. The zero-order valence-electron chi connectivity index (χ0n) is 32.6. The van der Waals surface area contributed by atoms with Crippen molar-refractivity contribution < 1.29 is 42.9 Å². The molecule has 2 fully saturated rings. The lowest BCUT2D eigenvalue weighted by Crippen LogP contribution is -2.60. The molecular weight excluding hydrogens is 784 g/mol. The van der Waals surface area contributed by atoms with Crippen LogP contribution in [-0.2, 0) is 30.5 Å². The predicted molar refractivity (Wildman–Crippen MR) is 212 cm³/mol. The quantitative estimate of drug-likeness (QED) is 0.187. The van der Waals surface area contributed by atoms with Crippen LogP contribution >= 0.6 is 15.9 Å². The molecule has 13 nitrogen and oxygen atoms in total. The molecule has 0 spiro atoms. The van der Waals surface area contributed by atoms with E-state index in [1.165, 1.54) is 4.90 Å². The van der Waals surface area contributed by atoms with Gasteiger partial charge in [-0.15, -0.1) is 0 Å². The first kappa shape index (κ1) is 41.0. The summed E-state index contributed by atoms with van der Waals surface area (Å²) in [5, 5.41) is 0.751. The van der Waals surface area contributed by atoms with Gasteiger partial charge in [-0.1, -0.05) is 49.3 Å². The van der Waals surface area contributed by atoms with Gasteiger partial charge in [-0.2, -0.15) is 0 Å². The number of hydrogen-bond acceptors (Lipinski definition) is 11. The van der Waals surface area contributed by atoms with Gasteiger partial charge >= 0.3 is 12.1 Å². The zero-order chi connectivity index (χ0) is 40.2. The molecule has 56 heavy (non-hydrogen) atoms. The van der Waals surface area contributed by atoms with E-state index in [2.05, 4.69) is 15.9 Å². The minimum absolute atomic E-state index is 0.0149. The van der Waals surface area contributed by atoms with Crippen LogP contribution in [-0.4, -0.2) is 88.2 Å². The van der Waals surface area contributed by atoms with Crippen LogP contribution < -0.4 is 19.9 Å². The number of ether oxygens (including phenoxy) is 5. The van der Waals surface area contributed by atoms with E-state index in [9.17, 15) is 19.2 Å². The fourth-order valence-corrected chi connectivity index (χ4v) is 7.91. The molecule has 3 amide bonds. The molecule has 2 aliphatic heterocycles. The molecule has 14 heteroatoms. The van der Waals surface area contributed by atoms with Crippen molar-refractivity contribution >= 4 is 50.7 Å². The SMILES string of the molecule is CCOC(=O)[C@@]12C[C@H]1/C=C\CCCCC[C@H](N)C(=O)N1C[C@H](Oc3nc4ccccc4c(OCc4ccc(OC)cc4)c3Br)C[C@H]1C(=O)N2C(=O)OC(C)(C)C. The summed E-state index contributed by atoms with van der Waals surface area (Å²) in [5.41, 5.74) is 5.40. The van der Waals surface area contributed by atoms with E-state index >= 15 is 0 Å². The Labute approximate surface area is 335 Å². The lowest BCUT2D eigenvalue weighted by Gasteiger charge is -2.35. The Morgan fingerprint density at radius 3 is 2.50 bits per heavy atom. The first-order chi connectivity index (χ1) is 26.8. The summed E-state index contributed by atoms with van der Waals surface area (Å²) in [4.78, 5) is 64.2. The second kappa shape index (κ2) is 17.2. The summed E-state index contributed by atoms with van der Waals surface area (Å²) in [6.07, 6.45) is 5.84. The fraction of sp³-hybridized carbons (Fsp3) is 0.500. The Hall–Kier alpha value is -4.69. The monoisotopic (exact) mass is 834 g/mol. The molecule has 1 saturated heterocycles. The summed E-state index contributed by atoms with van der Waals surface area (Å²) < 4.78 is 30.0. The Morgan fingerprint density at radius 2 is 1.79 bits per heavy atom. The molecule has 3 heterocycles. The molecule has 1 aromatic heterocycles. The second-order valence-corrected chi connectivity index (χ2v) is 16.3. The molecule has 3 aliphatic rings. The number of carbonyl (C=O) groups is 4. The summed E-state index contributed by atoms with van der Waals surface area (Å²) in [7, 11) is 1.61. The number of fused-ring (bicyclic) bond motifs is 3. The number of esters is 1. The number of nitrogens with zero attached hydrogens (tertiary/aromatic N) is 3. The van der Waals surface area contributed by atoms with Crippen molar-refractivity contribution in [1.82, 2.24) is 14.8 Å². The van der Waals surface area contributed by atoms with Crippen LogP contribution in [0.25, 0.3) is 10.9 Å². The number of rotatable bonds is 8. The third-order valence-electron chi connectivity index (χ3n) is 10.3. The van der Waals surface area contributed by atoms with E-state index in [0.29, 0.717) is 22.2 Å². The highest BCUT2D eigenvalue weighted by Gasteiger charge is 2.69. The molecule has 300 valence electrons. The molecule has 5 atom stereocenters. The molecule has 1 aliphatic carbocycles. The summed E-state index contributed by atoms with van der Waals surface area (Å²) in [6, 6.07) is 12.9. The van der Waals surface area contributed by atoms with Crippen molar-refractivity contribution in [3.63, 3.8) is 0 Å². The minimum atomic E-state index is -1.64. The molecule has 2 N–H and O–H groups in total. The second-order valence-electron chi connectivity index (χ2n) is 15.5. The number of allylic oxidation sites excluding steroid dienone is 1. The summed E-state index contributed by atoms with van der Waals surface area (Å²) in [6.45, 7) is 6.99. The molecule has 6 rings (SSSR count). The molecule has 0 unspecified atom stereocenters. The Bertz CT molecular complexity index is 1970. The van der Waals surface area contributed by atoms with E-state index in [0.717, 1.165) is 47.3 Å². The number of methoxy groups -OCH3 is 1. The number of para-hydroxylation sites is 1. The maximum absolute atomic E-state index is 15.0. The van der Waals surface area contributed by atoms with Crippen LogP contribution in [0.3, 0.4) is 0 Å². The first-order valence-corrected chi connectivity index (χ1v) is 20.0. The van der Waals surface area contributed by atoms with Gasteiger partial charge in [-0.3, -0.25) is 9.59 Å². The molecule has 3 aromatic rings. The van der Waals surface area contributed by atoms with Crippen molar-refractivity contribution in [2.24, 2.45) is 11.7 Å². The Balaban J connectivity index is 1.36. The number of benzene rings is 2. The largest absolute Gasteiger partial charge is 0.497 e. The van der Waals surface area contributed by atoms with Crippen LogP contribution in [0.1, 0.15) is 78.2 Å². The maximum atomic E-state index is 15.0. The lowest BCUT2D eigenvalue weighted by atomic mass is 10.1. The van der Waals surface area contributed by atoms with Crippen LogP contribution in [0.4, 0.5) is 4.79 Å². The van der Waals surface area contributed by atoms with Gasteiger partial charge in [0.2, 0.25) is 11.8 Å². The number of nitrogens with two attached hydrogens (primary N) is 1. The van der Waals surface area contributed by atoms with Gasteiger partial charge in [0.1, 0.15) is 40.3 Å². The van der Waals surface area contributed by atoms with E-state index in [1.807, 2.05) is 60.7 Å². The van der Waals surface area contributed by atoms with Crippen LogP contribution in [0, 0.1) is 5.92 Å². The molecule has 1 saturated carbocycles. The van der Waals surface area contributed by atoms with Gasteiger partial charge in [0.15, 0.2) is 5.54 Å². The van der Waals surface area contributed by atoms with Crippen molar-refractivity contribution in [1.29, 1.82) is 0 Å². The van der Waals surface area contributed by atoms with Crippen molar-refractivity contribution in [3.05, 3.63) is 70.7 Å². The third-order valence-corrected chi connectivity index (χ3v) is 11.0. The normalized spacial score (nSPS) is 25.0. The van der Waals surface area contributed by atoms with Gasteiger partial charge in [0.25, 0.3) is 5.91 Å². The number of carbonyl (C=O) groups excluding carboxylic acids is 4. The maximum Gasteiger partial charge on any atom is 0.418 e. The highest BCUT2D eigenvalue weighted by molar-refractivity contribution is 9.10. The minimum Gasteiger partial charge on any atom is -0.497 e. The van der Waals surface area contributed by atoms with Gasteiger partial charge in [0, 0.05) is 17.7 Å². The average molecular weight is 836 g/mol. The van der Waals surface area contributed by atoms with Gasteiger partial charge in [0.05, 0.1) is 31.8 Å². The van der Waals surface area contributed by atoms with E-state index in [4.69, 9.17) is 34.4 Å². The summed E-state index contributed by atoms with van der Waals surface area (Å²) in [5.74, 6) is -0.970. The van der Waals surface area contributed by atoms with E-state index in [1.54, 1.807) is 34.8 Å². The van der Waals surface area contributed by atoms with Gasteiger partial charge in [-0.25, -0.2) is 19.5 Å². The number of halogens is 1. The van der Waals surface area contributed by atoms with Gasteiger partial charge in [-0.05, 0) is 99.1 Å². The zero-order valence-corrected chi connectivity index (χ0v) is 34.2. The molecule has 0 bridgehead atoms. The Kier molecular flexibility index (Phi) is 12.6. The number of hydrogen-bond donors (Lipinski definition) is 1. The predicted octanol–water partition coefficient (Wildman–Crippen LogP) is 6.87. The van der Waals surface area contributed by atoms with Crippen molar-refractivity contribution in [3.8, 4) is 17.4 Å². The Morgan fingerprint density at radius 1 is 1.04 bits per heavy atom. The highest BCUT2D eigenvalue weighted by atomic mass is 79.9. The average Bonchev–Trinajstić information content (AvgIpc) is 3.72. The first-order valence-electron chi connectivity index (χ1n) is 19.2. The molecular formula is C42H51BrN4O9. The van der Waals surface area contributed by atoms with E-state index in [-0.39, 0.29) is 38.5 Å². The number of pyridine rings is 1. The fourth-order valence-electron chi connectivity index (χ4n) is 7.40. The third kappa shape index (κ3) is 8.81. The smallest absolute Gasteiger partial charge is 0.418 e. The number of aromatic nitrogens is 1. The van der Waals surface area contributed by atoms with Crippen molar-refractivity contribution in [2.75, 3.05) is 20.3 Å². The standard InChI is InChI=1S/C42H51BrN4O9/c1-6-53-39(50)42-23-27(42)14-10-8-7-9-11-16-31(44)37(48)46-24-29(22-33(46)38(49)47(42)40(51)56-41(2,3)4)55-36-34(43)35(30-15-12-13-17-32(30)45-36)54-25-26-18-20-28(52-5)21-19-26/h10,12-15,17-21,27,29,31,33H,6-9,11,16,22-25,44H2,1-5H3/b14-10-/t27-,29-,31+,33+,42-/m1/s1. The van der Waals surface area contributed by atoms with Crippen LogP contribution in [0.2, 0.25) is 0 Å². The topological polar surface area (TPSA) is 160 Å². The van der Waals surface area contributed by atoms with Crippen LogP contribution in [0.15, 0.2) is 65.2 Å². The molecule has 0 radical (unpaired) electrons. The van der Waals surface area contributed by atoms with Crippen molar-refractivity contribution in [2.45, 2.75) is 109 Å². The summed E-state index contributed by atoms with van der Waals surface area (Å²) >= 11 is 3.68. The van der Waals surface area contributed by atoms with Gasteiger partial charge < -0.3 is 34.3 Å². The van der Waals surface area contributed by atoms with E-state index < -0.39 is 59.1 Å². The molecule has 2 aromatic carbocycles. The van der Waals surface area contributed by atoms with Crippen LogP contribution in [0.5, 0.6) is 17.4 Å².